The van der Waals surface area contributed by atoms with Crippen molar-refractivity contribution in [3.05, 3.63) is 65.7 Å². The van der Waals surface area contributed by atoms with Crippen LogP contribution in [0.15, 0.2) is 54.6 Å². The monoisotopic (exact) mass is 665 g/mol. The Morgan fingerprint density at radius 3 is 1.98 bits per heavy atom. The highest BCUT2D eigenvalue weighted by molar-refractivity contribution is 5.95. The molecule has 2 heterocycles. The van der Waals surface area contributed by atoms with E-state index in [9.17, 15) is 19.2 Å². The number of piperidine rings is 1. The molecule has 0 bridgehead atoms. The van der Waals surface area contributed by atoms with Crippen LogP contribution in [0.3, 0.4) is 0 Å². The van der Waals surface area contributed by atoms with Crippen LogP contribution >= 0.6 is 0 Å². The molecule has 4 rings (SSSR count). The van der Waals surface area contributed by atoms with Gasteiger partial charge < -0.3 is 34.6 Å². The molecule has 0 saturated carbocycles. The van der Waals surface area contributed by atoms with Crippen LogP contribution in [-0.2, 0) is 25.6 Å². The number of hydrogen-bond donors (Lipinski definition) is 2. The number of piperazine rings is 1. The van der Waals surface area contributed by atoms with Gasteiger partial charge in [0.2, 0.25) is 0 Å². The molecule has 12 heteroatoms. The number of hydrogen-bond acceptors (Lipinski definition) is 9. The Morgan fingerprint density at radius 2 is 1.40 bits per heavy atom. The zero-order valence-electron chi connectivity index (χ0n) is 29.1. The maximum Gasteiger partial charge on any atom is 0.410 e. The van der Waals surface area contributed by atoms with Gasteiger partial charge >= 0.3 is 18.2 Å². The minimum Gasteiger partial charge on any atom is -0.458 e. The molecule has 3 amide bonds. The molecular weight excluding hydrogens is 614 g/mol. The Hall–Kier alpha value is -4.32. The van der Waals surface area contributed by atoms with Gasteiger partial charge in [-0.1, -0.05) is 30.3 Å². The molecule has 0 aromatic heterocycles. The number of nitrogens with one attached hydrogen (secondary N) is 2. The van der Waals surface area contributed by atoms with Crippen LogP contribution in [-0.4, -0.2) is 103 Å². The highest BCUT2D eigenvalue weighted by Gasteiger charge is 2.31. The van der Waals surface area contributed by atoms with Crippen molar-refractivity contribution in [3.8, 4) is 0 Å². The second-order valence-corrected chi connectivity index (χ2v) is 14.3. The van der Waals surface area contributed by atoms with Crippen molar-refractivity contribution in [3.63, 3.8) is 0 Å². The number of carbonyl (C=O) groups excluding carboxylic acids is 4. The standard InChI is InChI=1S/C36H51N5O7/c1-35(2,3)47-32(43)30(38-33(44)46-25-26-10-8-7-9-11-26)24-37-31(42)27-12-14-28(15-13-27)39-20-22-40(23-21-39)29-16-18-41(19-17-29)34(45)48-36(4,5)6/h7-15,29-30H,16-25H2,1-6H3,(H,37,42)(H,38,44)/t30-/m0/s1. The minimum absolute atomic E-state index is 0.0383. The lowest BCUT2D eigenvalue weighted by molar-refractivity contribution is -0.157. The Balaban J connectivity index is 1.24. The quantitative estimate of drug-likeness (QED) is 0.292. The number of esters is 1. The maximum absolute atomic E-state index is 13.0. The number of alkyl carbamates (subject to hydrolysis) is 1. The number of amides is 3. The molecule has 1 atom stereocenters. The lowest BCUT2D eigenvalue weighted by Crippen LogP contribution is -2.54. The topological polar surface area (TPSA) is 130 Å². The third-order valence-electron chi connectivity index (χ3n) is 8.10. The highest BCUT2D eigenvalue weighted by Crippen LogP contribution is 2.23. The molecule has 2 aliphatic heterocycles. The summed E-state index contributed by atoms with van der Waals surface area (Å²) in [4.78, 5) is 57.5. The van der Waals surface area contributed by atoms with Crippen LogP contribution in [0.4, 0.5) is 15.3 Å². The first-order chi connectivity index (χ1) is 22.7. The van der Waals surface area contributed by atoms with Crippen molar-refractivity contribution < 1.29 is 33.4 Å². The van der Waals surface area contributed by atoms with Crippen LogP contribution in [0.5, 0.6) is 0 Å². The molecule has 2 N–H and O–H groups in total. The summed E-state index contributed by atoms with van der Waals surface area (Å²) in [5, 5.41) is 5.27. The number of anilines is 1. The van der Waals surface area contributed by atoms with Gasteiger partial charge in [-0.2, -0.15) is 0 Å². The summed E-state index contributed by atoms with van der Waals surface area (Å²) >= 11 is 0. The summed E-state index contributed by atoms with van der Waals surface area (Å²) in [6, 6.07) is 15.9. The predicted molar refractivity (Wildman–Crippen MR) is 183 cm³/mol. The van der Waals surface area contributed by atoms with Crippen LogP contribution < -0.4 is 15.5 Å². The Morgan fingerprint density at radius 1 is 0.792 bits per heavy atom. The van der Waals surface area contributed by atoms with Crippen molar-refractivity contribution in [2.24, 2.45) is 0 Å². The highest BCUT2D eigenvalue weighted by atomic mass is 16.6. The van der Waals surface area contributed by atoms with Gasteiger partial charge in [0, 0.05) is 63.1 Å². The van der Waals surface area contributed by atoms with E-state index in [4.69, 9.17) is 14.2 Å². The second-order valence-electron chi connectivity index (χ2n) is 14.3. The van der Waals surface area contributed by atoms with Crippen LogP contribution in [0.2, 0.25) is 0 Å². The molecule has 2 aliphatic rings. The van der Waals surface area contributed by atoms with Crippen molar-refractivity contribution >= 4 is 29.8 Å². The summed E-state index contributed by atoms with van der Waals surface area (Å²) in [5.41, 5.74) is 0.992. The van der Waals surface area contributed by atoms with Gasteiger partial charge in [0.15, 0.2) is 0 Å². The normalized spacial score (nSPS) is 16.9. The van der Waals surface area contributed by atoms with Gasteiger partial charge in [0.05, 0.1) is 0 Å². The van der Waals surface area contributed by atoms with Gasteiger partial charge in [0.1, 0.15) is 23.9 Å². The Bertz CT molecular complexity index is 1370. The molecule has 0 spiro atoms. The fourth-order valence-corrected chi connectivity index (χ4v) is 5.68. The first-order valence-electron chi connectivity index (χ1n) is 16.7. The van der Waals surface area contributed by atoms with Crippen molar-refractivity contribution in [1.29, 1.82) is 0 Å². The molecule has 2 aromatic rings. The summed E-state index contributed by atoms with van der Waals surface area (Å²) in [6.07, 6.45) is 0.839. The molecule has 2 aromatic carbocycles. The van der Waals surface area contributed by atoms with Crippen molar-refractivity contribution in [2.75, 3.05) is 50.7 Å². The van der Waals surface area contributed by atoms with E-state index in [1.165, 1.54) is 0 Å². The van der Waals surface area contributed by atoms with Gasteiger partial charge in [-0.3, -0.25) is 9.69 Å². The third-order valence-corrected chi connectivity index (χ3v) is 8.10. The molecule has 0 unspecified atom stereocenters. The lowest BCUT2D eigenvalue weighted by Gasteiger charge is -2.43. The summed E-state index contributed by atoms with van der Waals surface area (Å²) in [6.45, 7) is 15.7. The van der Waals surface area contributed by atoms with Crippen LogP contribution in [0.25, 0.3) is 0 Å². The fraction of sp³-hybridized carbons (Fsp3) is 0.556. The fourth-order valence-electron chi connectivity index (χ4n) is 5.68. The van der Waals surface area contributed by atoms with Gasteiger partial charge in [-0.15, -0.1) is 0 Å². The Kier molecular flexibility index (Phi) is 12.3. The molecular formula is C36H51N5O7. The van der Waals surface area contributed by atoms with E-state index in [-0.39, 0.29) is 25.2 Å². The molecule has 2 saturated heterocycles. The van der Waals surface area contributed by atoms with Gasteiger partial charge in [0.25, 0.3) is 5.91 Å². The first-order valence-corrected chi connectivity index (χ1v) is 16.7. The largest absolute Gasteiger partial charge is 0.458 e. The van der Waals surface area contributed by atoms with E-state index in [0.29, 0.717) is 24.7 Å². The van der Waals surface area contributed by atoms with E-state index in [1.807, 2.05) is 68.1 Å². The minimum atomic E-state index is -1.14. The Labute approximate surface area is 284 Å². The van der Waals surface area contributed by atoms with Crippen LogP contribution in [0.1, 0.15) is 70.3 Å². The SMILES string of the molecule is CC(C)(C)OC(=O)[C@H](CNC(=O)c1ccc(N2CCN(C3CCN(C(=O)OC(C)(C)C)CC3)CC2)cc1)NC(=O)OCc1ccccc1. The molecule has 2 fully saturated rings. The van der Waals surface area contributed by atoms with E-state index in [2.05, 4.69) is 20.4 Å². The number of carbonyl (C=O) groups is 4. The maximum atomic E-state index is 13.0. The molecule has 262 valence electrons. The molecule has 0 aliphatic carbocycles. The smallest absolute Gasteiger partial charge is 0.410 e. The zero-order chi connectivity index (χ0) is 34.9. The van der Waals surface area contributed by atoms with Crippen molar-refractivity contribution in [2.45, 2.75) is 84.3 Å². The van der Waals surface area contributed by atoms with Crippen molar-refractivity contribution in [1.82, 2.24) is 20.4 Å². The van der Waals surface area contributed by atoms with E-state index >= 15 is 0 Å². The number of nitrogens with zero attached hydrogens (tertiary/aromatic N) is 3. The lowest BCUT2D eigenvalue weighted by atomic mass is 10.0. The van der Waals surface area contributed by atoms with Gasteiger partial charge in [-0.25, -0.2) is 14.4 Å². The average molecular weight is 666 g/mol. The van der Waals surface area contributed by atoms with Crippen LogP contribution in [0, 0.1) is 0 Å². The zero-order valence-corrected chi connectivity index (χ0v) is 29.1. The molecule has 48 heavy (non-hydrogen) atoms. The first kappa shape index (κ1) is 36.5. The number of ether oxygens (including phenoxy) is 3. The molecule has 0 radical (unpaired) electrons. The van der Waals surface area contributed by atoms with E-state index in [1.54, 1.807) is 32.9 Å². The number of likely N-dealkylation sites (tertiary alicyclic amines) is 1. The molecule has 12 nitrogen and oxygen atoms in total. The number of benzene rings is 2. The van der Waals surface area contributed by atoms with E-state index in [0.717, 1.165) is 50.3 Å². The summed E-state index contributed by atoms with van der Waals surface area (Å²) < 4.78 is 16.3. The average Bonchev–Trinajstić information content (AvgIpc) is 3.04. The summed E-state index contributed by atoms with van der Waals surface area (Å²) in [5.74, 6) is -1.06. The summed E-state index contributed by atoms with van der Waals surface area (Å²) in [7, 11) is 0. The van der Waals surface area contributed by atoms with Gasteiger partial charge in [-0.05, 0) is 84.2 Å². The second kappa shape index (κ2) is 16.2. The van der Waals surface area contributed by atoms with E-state index < -0.39 is 29.3 Å². The third kappa shape index (κ3) is 11.4. The number of rotatable bonds is 9. The predicted octanol–water partition coefficient (Wildman–Crippen LogP) is 4.57.